The quantitative estimate of drug-likeness (QED) is 0.588. The number of likely N-dealkylation sites (tertiary alicyclic amines) is 1. The van der Waals surface area contributed by atoms with Crippen LogP contribution in [-0.2, 0) is 4.79 Å². The number of hydrogen-bond acceptors (Lipinski definition) is 5. The molecule has 0 bridgehead atoms. The first kappa shape index (κ1) is 22.7. The van der Waals surface area contributed by atoms with Gasteiger partial charge in [0.2, 0.25) is 0 Å². The number of rotatable bonds is 8. The van der Waals surface area contributed by atoms with Crippen molar-refractivity contribution in [3.8, 4) is 0 Å². The van der Waals surface area contributed by atoms with Gasteiger partial charge in [-0.05, 0) is 69.6 Å². The van der Waals surface area contributed by atoms with Gasteiger partial charge in [-0.2, -0.15) is 0 Å². The Labute approximate surface area is 194 Å². The summed E-state index contributed by atoms with van der Waals surface area (Å²) in [6.07, 6.45) is 4.41. The van der Waals surface area contributed by atoms with Crippen molar-refractivity contribution < 1.29 is 9.59 Å². The molecule has 7 heteroatoms. The van der Waals surface area contributed by atoms with Crippen LogP contribution >= 0.6 is 11.8 Å². The fourth-order valence-corrected chi connectivity index (χ4v) is 5.47. The zero-order valence-electron chi connectivity index (χ0n) is 18.7. The molecule has 2 heterocycles. The number of anilines is 2. The molecule has 170 valence electrons. The molecule has 1 saturated heterocycles. The lowest BCUT2D eigenvalue weighted by Gasteiger charge is -2.35. The summed E-state index contributed by atoms with van der Waals surface area (Å²) in [5.74, 6) is -0.0875. The van der Waals surface area contributed by atoms with E-state index in [1.54, 1.807) is 17.8 Å². The van der Waals surface area contributed by atoms with Crippen LogP contribution in [0.4, 0.5) is 11.4 Å². The molecule has 0 aromatic heterocycles. The van der Waals surface area contributed by atoms with Crippen LogP contribution in [0, 0.1) is 0 Å². The third-order valence-corrected chi connectivity index (χ3v) is 7.42. The summed E-state index contributed by atoms with van der Waals surface area (Å²) in [4.78, 5) is 30.9. The van der Waals surface area contributed by atoms with E-state index in [2.05, 4.69) is 39.5 Å². The maximum Gasteiger partial charge on any atom is 0.252 e. The van der Waals surface area contributed by atoms with E-state index in [0.29, 0.717) is 12.1 Å². The maximum atomic E-state index is 12.7. The number of para-hydroxylation sites is 1. The monoisotopic (exact) mass is 452 g/mol. The van der Waals surface area contributed by atoms with E-state index in [-0.39, 0.29) is 17.2 Å². The Hall–Kier alpha value is -2.51. The summed E-state index contributed by atoms with van der Waals surface area (Å²) in [5.41, 5.74) is 2.52. The minimum absolute atomic E-state index is 0.0162. The van der Waals surface area contributed by atoms with Crippen LogP contribution in [0.3, 0.4) is 0 Å². The molecule has 0 radical (unpaired) electrons. The van der Waals surface area contributed by atoms with Gasteiger partial charge >= 0.3 is 0 Å². The first-order valence-corrected chi connectivity index (χ1v) is 12.5. The number of benzene rings is 2. The molecule has 2 amide bonds. The van der Waals surface area contributed by atoms with Gasteiger partial charge in [-0.3, -0.25) is 14.5 Å². The fourth-order valence-electron chi connectivity index (χ4n) is 4.32. The highest BCUT2D eigenvalue weighted by Gasteiger charge is 2.33. The van der Waals surface area contributed by atoms with Crippen molar-refractivity contribution >= 4 is 35.0 Å². The molecule has 0 aliphatic carbocycles. The molecule has 0 saturated carbocycles. The number of piperidine rings is 1. The molecular formula is C25H32N4O2S. The van der Waals surface area contributed by atoms with Crippen molar-refractivity contribution in [3.63, 3.8) is 0 Å². The van der Waals surface area contributed by atoms with Crippen LogP contribution in [0.5, 0.6) is 0 Å². The second-order valence-corrected chi connectivity index (χ2v) is 9.41. The lowest BCUT2D eigenvalue weighted by Crippen LogP contribution is -2.46. The molecule has 0 unspecified atom stereocenters. The summed E-state index contributed by atoms with van der Waals surface area (Å²) in [6.45, 7) is 6.51. The Morgan fingerprint density at radius 3 is 2.69 bits per heavy atom. The number of amides is 2. The Balaban J connectivity index is 1.29. The average Bonchev–Trinajstić information content (AvgIpc) is 2.84. The predicted octanol–water partition coefficient (Wildman–Crippen LogP) is 4.19. The standard InChI is InChI=1S/C25H32N4O2S/c1-2-28(20-10-5-3-6-11-20)17-9-14-26-23(30)19-12-13-22-21(18-19)27-24(31)25(32-22)29-15-7-4-8-16-29/h3,5-6,10-13,18,25H,2,4,7-9,14-17H2,1H3,(H,26,30)(H,27,31)/t25-/m1/s1. The molecule has 2 N–H and O–H groups in total. The maximum absolute atomic E-state index is 12.7. The van der Waals surface area contributed by atoms with Crippen LogP contribution in [-0.4, -0.2) is 54.8 Å². The predicted molar refractivity (Wildman–Crippen MR) is 131 cm³/mol. The average molecular weight is 453 g/mol. The third-order valence-electron chi connectivity index (χ3n) is 6.08. The summed E-state index contributed by atoms with van der Waals surface area (Å²) in [6, 6.07) is 15.9. The van der Waals surface area contributed by atoms with Crippen LogP contribution in [0.2, 0.25) is 0 Å². The van der Waals surface area contributed by atoms with Crippen molar-refractivity contribution in [2.24, 2.45) is 0 Å². The zero-order valence-corrected chi connectivity index (χ0v) is 19.5. The molecule has 0 spiro atoms. The van der Waals surface area contributed by atoms with Gasteiger partial charge in [0.1, 0.15) is 5.37 Å². The zero-order chi connectivity index (χ0) is 22.3. The van der Waals surface area contributed by atoms with Gasteiger partial charge in [0, 0.05) is 35.8 Å². The first-order chi connectivity index (χ1) is 15.7. The minimum Gasteiger partial charge on any atom is -0.372 e. The Kier molecular flexibility index (Phi) is 7.71. The number of carbonyl (C=O) groups excluding carboxylic acids is 2. The van der Waals surface area contributed by atoms with E-state index in [9.17, 15) is 9.59 Å². The van der Waals surface area contributed by atoms with Crippen LogP contribution in [0.15, 0.2) is 53.4 Å². The molecule has 6 nitrogen and oxygen atoms in total. The molecular weight excluding hydrogens is 420 g/mol. The topological polar surface area (TPSA) is 64.7 Å². The summed E-state index contributed by atoms with van der Waals surface area (Å²) in [5, 5.41) is 5.86. The van der Waals surface area contributed by atoms with Crippen molar-refractivity contribution in [1.29, 1.82) is 0 Å². The van der Waals surface area contributed by atoms with Crippen LogP contribution < -0.4 is 15.5 Å². The van der Waals surface area contributed by atoms with E-state index in [1.807, 2.05) is 30.3 Å². The molecule has 2 aliphatic rings. The van der Waals surface area contributed by atoms with E-state index in [0.717, 1.165) is 56.0 Å². The van der Waals surface area contributed by atoms with Gasteiger partial charge in [-0.1, -0.05) is 36.4 Å². The molecule has 1 fully saturated rings. The van der Waals surface area contributed by atoms with Crippen molar-refractivity contribution in [2.75, 3.05) is 42.9 Å². The van der Waals surface area contributed by atoms with Crippen molar-refractivity contribution in [2.45, 2.75) is 42.9 Å². The van der Waals surface area contributed by atoms with E-state index in [1.165, 1.54) is 12.1 Å². The largest absolute Gasteiger partial charge is 0.372 e. The Morgan fingerprint density at radius 2 is 1.94 bits per heavy atom. The minimum atomic E-state index is -0.173. The first-order valence-electron chi connectivity index (χ1n) is 11.6. The normalized spacial score (nSPS) is 18.5. The smallest absolute Gasteiger partial charge is 0.252 e. The third kappa shape index (κ3) is 5.45. The second-order valence-electron chi connectivity index (χ2n) is 8.29. The lowest BCUT2D eigenvalue weighted by atomic mass is 10.1. The fraction of sp³-hybridized carbons (Fsp3) is 0.440. The highest BCUT2D eigenvalue weighted by Crippen LogP contribution is 2.38. The number of nitrogens with zero attached hydrogens (tertiary/aromatic N) is 2. The SMILES string of the molecule is CCN(CCCNC(=O)c1ccc2c(c1)NC(=O)[C@H](N1CCCCC1)S2)c1ccccc1. The molecule has 2 aromatic carbocycles. The van der Waals surface area contributed by atoms with E-state index in [4.69, 9.17) is 0 Å². The van der Waals surface area contributed by atoms with Crippen LogP contribution in [0.25, 0.3) is 0 Å². The summed E-state index contributed by atoms with van der Waals surface area (Å²) >= 11 is 1.59. The van der Waals surface area contributed by atoms with Gasteiger partial charge in [0.15, 0.2) is 0 Å². The highest BCUT2D eigenvalue weighted by molar-refractivity contribution is 8.00. The van der Waals surface area contributed by atoms with Gasteiger partial charge in [-0.15, -0.1) is 0 Å². The Morgan fingerprint density at radius 1 is 1.16 bits per heavy atom. The highest BCUT2D eigenvalue weighted by atomic mass is 32.2. The summed E-state index contributed by atoms with van der Waals surface area (Å²) < 4.78 is 0. The number of hydrogen-bond donors (Lipinski definition) is 2. The van der Waals surface area contributed by atoms with E-state index < -0.39 is 0 Å². The molecule has 4 rings (SSSR count). The van der Waals surface area contributed by atoms with Gasteiger partial charge in [-0.25, -0.2) is 0 Å². The van der Waals surface area contributed by atoms with Gasteiger partial charge in [0.05, 0.1) is 5.69 Å². The number of fused-ring (bicyclic) bond motifs is 1. The van der Waals surface area contributed by atoms with Gasteiger partial charge < -0.3 is 15.5 Å². The molecule has 2 aromatic rings. The molecule has 1 atom stereocenters. The summed E-state index contributed by atoms with van der Waals surface area (Å²) in [7, 11) is 0. The number of thioether (sulfide) groups is 1. The van der Waals surface area contributed by atoms with Crippen LogP contribution in [0.1, 0.15) is 43.0 Å². The van der Waals surface area contributed by atoms with Crippen molar-refractivity contribution in [3.05, 3.63) is 54.1 Å². The Bertz CT molecular complexity index is 931. The van der Waals surface area contributed by atoms with Gasteiger partial charge in [0.25, 0.3) is 11.8 Å². The number of nitrogens with one attached hydrogen (secondary N) is 2. The molecule has 32 heavy (non-hydrogen) atoms. The van der Waals surface area contributed by atoms with E-state index >= 15 is 0 Å². The number of carbonyl (C=O) groups is 2. The second kappa shape index (κ2) is 10.9. The molecule has 2 aliphatic heterocycles. The lowest BCUT2D eigenvalue weighted by molar-refractivity contribution is -0.118. The van der Waals surface area contributed by atoms with Crippen molar-refractivity contribution in [1.82, 2.24) is 10.2 Å².